The van der Waals surface area contributed by atoms with E-state index in [4.69, 9.17) is 11.5 Å². The third kappa shape index (κ3) is 2.88. The van der Waals surface area contributed by atoms with E-state index >= 15 is 0 Å². The molecule has 0 aliphatic heterocycles. The molecule has 15 heavy (non-hydrogen) atoms. The number of nitrogens with zero attached hydrogens (tertiary/aromatic N) is 3. The molecule has 0 aliphatic carbocycles. The molecule has 4 N–H and O–H groups in total. The van der Waals surface area contributed by atoms with E-state index in [0.717, 1.165) is 13.0 Å². The number of nitrogens with two attached hydrogens (primary N) is 2. The molecule has 1 amide bonds. The van der Waals surface area contributed by atoms with E-state index in [9.17, 15) is 4.79 Å². The first-order valence-electron chi connectivity index (χ1n) is 4.69. The predicted molar refractivity (Wildman–Crippen MR) is 57.5 cm³/mol. The third-order valence-corrected chi connectivity index (χ3v) is 1.97. The molecule has 0 aliphatic rings. The first kappa shape index (κ1) is 11.4. The summed E-state index contributed by atoms with van der Waals surface area (Å²) in [7, 11) is 1.83. The van der Waals surface area contributed by atoms with Crippen LogP contribution in [-0.4, -0.2) is 36.0 Å². The minimum absolute atomic E-state index is 0.192. The summed E-state index contributed by atoms with van der Waals surface area (Å²) < 4.78 is 0. The van der Waals surface area contributed by atoms with E-state index in [1.54, 1.807) is 0 Å². The van der Waals surface area contributed by atoms with Crippen molar-refractivity contribution in [2.24, 2.45) is 11.5 Å². The Balaban J connectivity index is 2.87. The zero-order valence-electron chi connectivity index (χ0n) is 8.68. The maximum absolute atomic E-state index is 11.1. The first-order valence-corrected chi connectivity index (χ1v) is 4.69. The molecule has 0 aromatic carbocycles. The van der Waals surface area contributed by atoms with Crippen LogP contribution in [0, 0.1) is 0 Å². The van der Waals surface area contributed by atoms with Gasteiger partial charge in [0, 0.05) is 26.0 Å². The summed E-state index contributed by atoms with van der Waals surface area (Å²) in [5, 5.41) is 0. The number of rotatable bonds is 5. The average molecular weight is 209 g/mol. The fourth-order valence-electron chi connectivity index (χ4n) is 1.22. The van der Waals surface area contributed by atoms with Gasteiger partial charge >= 0.3 is 0 Å². The highest BCUT2D eigenvalue weighted by Crippen LogP contribution is 2.12. The minimum Gasteiger partial charge on any atom is -0.364 e. The number of primary amides is 1. The Labute approximate surface area is 88.3 Å². The van der Waals surface area contributed by atoms with Crippen molar-refractivity contribution < 1.29 is 4.79 Å². The van der Waals surface area contributed by atoms with Gasteiger partial charge < -0.3 is 16.4 Å². The van der Waals surface area contributed by atoms with Gasteiger partial charge in [-0.05, 0) is 13.0 Å². The second-order valence-electron chi connectivity index (χ2n) is 3.16. The first-order chi connectivity index (χ1) is 7.16. The number of aromatic nitrogens is 2. The van der Waals surface area contributed by atoms with Crippen LogP contribution < -0.4 is 16.4 Å². The van der Waals surface area contributed by atoms with Crippen molar-refractivity contribution in [3.63, 3.8) is 0 Å². The van der Waals surface area contributed by atoms with Gasteiger partial charge in [-0.3, -0.25) is 4.79 Å². The normalized spacial score (nSPS) is 10.0. The lowest BCUT2D eigenvalue weighted by atomic mass is 10.3. The van der Waals surface area contributed by atoms with Crippen molar-refractivity contribution >= 4 is 11.7 Å². The smallest absolute Gasteiger partial charge is 0.271 e. The van der Waals surface area contributed by atoms with Gasteiger partial charge in [-0.15, -0.1) is 0 Å². The highest BCUT2D eigenvalue weighted by molar-refractivity contribution is 5.95. The maximum atomic E-state index is 11.1. The van der Waals surface area contributed by atoms with Gasteiger partial charge in [0.1, 0.15) is 0 Å². The molecular weight excluding hydrogens is 194 g/mol. The molecule has 0 saturated heterocycles. The van der Waals surface area contributed by atoms with Gasteiger partial charge in [0.05, 0.1) is 0 Å². The van der Waals surface area contributed by atoms with E-state index < -0.39 is 5.91 Å². The van der Waals surface area contributed by atoms with Crippen LogP contribution in [0.25, 0.3) is 0 Å². The lowest BCUT2D eigenvalue weighted by molar-refractivity contribution is 0.0996. The lowest BCUT2D eigenvalue weighted by Crippen LogP contribution is -2.26. The molecule has 1 heterocycles. The topological polar surface area (TPSA) is 98.1 Å². The van der Waals surface area contributed by atoms with Crippen molar-refractivity contribution in [3.8, 4) is 0 Å². The van der Waals surface area contributed by atoms with E-state index in [0.29, 0.717) is 12.4 Å². The van der Waals surface area contributed by atoms with Gasteiger partial charge in [-0.25, -0.2) is 9.97 Å². The van der Waals surface area contributed by atoms with Crippen molar-refractivity contribution in [2.75, 3.05) is 25.0 Å². The molecule has 1 aromatic rings. The highest BCUT2D eigenvalue weighted by Gasteiger charge is 2.13. The second-order valence-corrected chi connectivity index (χ2v) is 3.16. The SMILES string of the molecule is CN(CCCN)c1nccnc1C(N)=O. The van der Waals surface area contributed by atoms with Crippen molar-refractivity contribution in [3.05, 3.63) is 18.1 Å². The number of carbonyl (C=O) groups is 1. The fraction of sp³-hybridized carbons (Fsp3) is 0.444. The molecule has 1 aromatic heterocycles. The minimum atomic E-state index is -0.572. The Morgan fingerprint density at radius 3 is 2.73 bits per heavy atom. The van der Waals surface area contributed by atoms with E-state index in [1.807, 2.05) is 11.9 Å². The third-order valence-electron chi connectivity index (χ3n) is 1.97. The molecule has 0 saturated carbocycles. The quantitative estimate of drug-likeness (QED) is 0.672. The molecular formula is C9H15N5O. The summed E-state index contributed by atoms with van der Waals surface area (Å²) in [5.74, 6) is -0.0730. The molecule has 0 bridgehead atoms. The van der Waals surface area contributed by atoms with Crippen molar-refractivity contribution in [2.45, 2.75) is 6.42 Å². The number of amides is 1. The number of hydrogen-bond acceptors (Lipinski definition) is 5. The molecule has 0 fully saturated rings. The summed E-state index contributed by atoms with van der Waals surface area (Å²) in [6, 6.07) is 0. The van der Waals surface area contributed by atoms with Crippen LogP contribution >= 0.6 is 0 Å². The summed E-state index contributed by atoms with van der Waals surface area (Å²) in [6.45, 7) is 1.31. The summed E-state index contributed by atoms with van der Waals surface area (Å²) in [5.41, 5.74) is 10.8. The molecule has 0 atom stereocenters. The molecule has 0 radical (unpaired) electrons. The molecule has 82 valence electrons. The van der Waals surface area contributed by atoms with Gasteiger partial charge in [-0.1, -0.05) is 0 Å². The molecule has 1 rings (SSSR count). The predicted octanol–water partition coefficient (Wildman–Crippen LogP) is -0.639. The van der Waals surface area contributed by atoms with Gasteiger partial charge in [0.25, 0.3) is 5.91 Å². The molecule has 0 spiro atoms. The number of anilines is 1. The maximum Gasteiger partial charge on any atom is 0.271 e. The highest BCUT2D eigenvalue weighted by atomic mass is 16.1. The number of hydrogen-bond donors (Lipinski definition) is 2. The van der Waals surface area contributed by atoms with Crippen molar-refractivity contribution in [1.82, 2.24) is 9.97 Å². The van der Waals surface area contributed by atoms with Crippen LogP contribution in [0.5, 0.6) is 0 Å². The van der Waals surface area contributed by atoms with Crippen LogP contribution in [-0.2, 0) is 0 Å². The van der Waals surface area contributed by atoms with Crippen LogP contribution in [0.2, 0.25) is 0 Å². The standard InChI is InChI=1S/C9H15N5O/c1-14(6-2-3-10)9-7(8(11)15)12-4-5-13-9/h4-5H,2-3,6,10H2,1H3,(H2,11,15). The Hall–Kier alpha value is -1.69. The Morgan fingerprint density at radius 1 is 1.47 bits per heavy atom. The van der Waals surface area contributed by atoms with Crippen LogP contribution in [0.1, 0.15) is 16.9 Å². The Bertz CT molecular complexity index is 341. The Kier molecular flexibility index (Phi) is 3.99. The van der Waals surface area contributed by atoms with E-state index in [-0.39, 0.29) is 5.69 Å². The van der Waals surface area contributed by atoms with Crippen LogP contribution in [0.15, 0.2) is 12.4 Å². The molecule has 0 unspecified atom stereocenters. The number of carbonyl (C=O) groups excluding carboxylic acids is 1. The van der Waals surface area contributed by atoms with Gasteiger partial charge in [-0.2, -0.15) is 0 Å². The largest absolute Gasteiger partial charge is 0.364 e. The Morgan fingerprint density at radius 2 is 2.13 bits per heavy atom. The van der Waals surface area contributed by atoms with Crippen molar-refractivity contribution in [1.29, 1.82) is 0 Å². The van der Waals surface area contributed by atoms with E-state index in [1.165, 1.54) is 12.4 Å². The molecule has 6 nitrogen and oxygen atoms in total. The average Bonchev–Trinajstić information content (AvgIpc) is 2.25. The fourth-order valence-corrected chi connectivity index (χ4v) is 1.22. The second kappa shape index (κ2) is 5.26. The zero-order valence-corrected chi connectivity index (χ0v) is 8.68. The van der Waals surface area contributed by atoms with Gasteiger partial charge in [0.15, 0.2) is 11.5 Å². The summed E-state index contributed by atoms with van der Waals surface area (Å²) in [6.07, 6.45) is 3.80. The summed E-state index contributed by atoms with van der Waals surface area (Å²) in [4.78, 5) is 20.9. The monoisotopic (exact) mass is 209 g/mol. The molecule has 6 heteroatoms. The zero-order chi connectivity index (χ0) is 11.3. The van der Waals surface area contributed by atoms with Gasteiger partial charge in [0.2, 0.25) is 0 Å². The summed E-state index contributed by atoms with van der Waals surface area (Å²) >= 11 is 0. The van der Waals surface area contributed by atoms with Crippen LogP contribution in [0.4, 0.5) is 5.82 Å². The van der Waals surface area contributed by atoms with E-state index in [2.05, 4.69) is 9.97 Å². The lowest BCUT2D eigenvalue weighted by Gasteiger charge is -2.18. The van der Waals surface area contributed by atoms with Crippen LogP contribution in [0.3, 0.4) is 0 Å².